The van der Waals surface area contributed by atoms with E-state index in [-0.39, 0.29) is 5.91 Å². The highest BCUT2D eigenvalue weighted by Crippen LogP contribution is 2.19. The molecule has 0 spiro atoms. The van der Waals surface area contributed by atoms with Gasteiger partial charge in [-0.15, -0.1) is 0 Å². The first-order valence-electron chi connectivity index (χ1n) is 7.98. The van der Waals surface area contributed by atoms with Crippen LogP contribution in [0.15, 0.2) is 53.3 Å². The Morgan fingerprint density at radius 3 is 2.78 bits per heavy atom. The Hall–Kier alpha value is -2.49. The number of nitrogens with one attached hydrogen (secondary N) is 1. The molecule has 3 aromatic rings. The number of amides is 1. The van der Waals surface area contributed by atoms with Crippen LogP contribution in [-0.2, 0) is 17.8 Å². The molecule has 4 heteroatoms. The predicted octanol–water partition coefficient (Wildman–Crippen LogP) is 3.99. The van der Waals surface area contributed by atoms with Gasteiger partial charge in [0.05, 0.1) is 19.2 Å². The number of furan rings is 1. The van der Waals surface area contributed by atoms with Gasteiger partial charge in [0.2, 0.25) is 5.91 Å². The van der Waals surface area contributed by atoms with E-state index in [1.807, 2.05) is 47.5 Å². The van der Waals surface area contributed by atoms with Crippen LogP contribution in [0.25, 0.3) is 10.9 Å². The first-order chi connectivity index (χ1) is 11.1. The molecular weight excluding hydrogens is 288 g/mol. The average molecular weight is 310 g/mol. The number of H-pyrrole nitrogens is 1. The quantitative estimate of drug-likeness (QED) is 0.748. The molecule has 0 saturated carbocycles. The minimum absolute atomic E-state index is 0.125. The predicted molar refractivity (Wildman–Crippen MR) is 91.0 cm³/mol. The zero-order valence-electron chi connectivity index (χ0n) is 13.6. The van der Waals surface area contributed by atoms with Gasteiger partial charge in [0.1, 0.15) is 5.76 Å². The number of aromatic nitrogens is 1. The Kier molecular flexibility index (Phi) is 4.51. The molecule has 0 aliphatic carbocycles. The summed E-state index contributed by atoms with van der Waals surface area (Å²) in [4.78, 5) is 17.9. The van der Waals surface area contributed by atoms with Crippen molar-refractivity contribution in [3.8, 4) is 0 Å². The summed E-state index contributed by atoms with van der Waals surface area (Å²) in [6.07, 6.45) is 3.98. The Labute approximate surface area is 136 Å². The molecule has 0 fully saturated rings. The first kappa shape index (κ1) is 15.4. The summed E-state index contributed by atoms with van der Waals surface area (Å²) >= 11 is 0. The summed E-state index contributed by atoms with van der Waals surface area (Å²) in [6.45, 7) is 5.48. The van der Waals surface area contributed by atoms with E-state index in [0.29, 0.717) is 18.9 Å². The second-order valence-corrected chi connectivity index (χ2v) is 6.28. The minimum Gasteiger partial charge on any atom is -0.467 e. The number of hydrogen-bond donors (Lipinski definition) is 1. The van der Waals surface area contributed by atoms with Gasteiger partial charge in [0.25, 0.3) is 0 Å². The van der Waals surface area contributed by atoms with Crippen molar-refractivity contribution >= 4 is 16.8 Å². The number of carbonyl (C=O) groups is 1. The Balaban J connectivity index is 1.77. The van der Waals surface area contributed by atoms with Crippen molar-refractivity contribution in [3.05, 3.63) is 60.2 Å². The maximum Gasteiger partial charge on any atom is 0.227 e. The summed E-state index contributed by atoms with van der Waals surface area (Å²) in [5, 5.41) is 1.11. The number of nitrogens with zero attached hydrogens (tertiary/aromatic N) is 1. The molecule has 3 rings (SSSR count). The molecule has 0 unspecified atom stereocenters. The minimum atomic E-state index is 0.125. The lowest BCUT2D eigenvalue weighted by molar-refractivity contribution is -0.131. The second kappa shape index (κ2) is 6.73. The lowest BCUT2D eigenvalue weighted by Crippen LogP contribution is -2.34. The number of fused-ring (bicyclic) bond motifs is 1. The third-order valence-corrected chi connectivity index (χ3v) is 3.88. The molecule has 2 aromatic heterocycles. The van der Waals surface area contributed by atoms with E-state index < -0.39 is 0 Å². The molecule has 1 N–H and O–H groups in total. The van der Waals surface area contributed by atoms with Crippen molar-refractivity contribution in [1.82, 2.24) is 9.88 Å². The highest BCUT2D eigenvalue weighted by atomic mass is 16.3. The fourth-order valence-electron chi connectivity index (χ4n) is 2.84. The van der Waals surface area contributed by atoms with Crippen molar-refractivity contribution in [2.45, 2.75) is 26.8 Å². The van der Waals surface area contributed by atoms with Crippen molar-refractivity contribution in [2.75, 3.05) is 6.54 Å². The molecule has 0 radical (unpaired) electrons. The molecule has 0 aliphatic rings. The van der Waals surface area contributed by atoms with Gasteiger partial charge in [-0.1, -0.05) is 32.0 Å². The monoisotopic (exact) mass is 310 g/mol. The van der Waals surface area contributed by atoms with E-state index in [1.165, 1.54) is 0 Å². The van der Waals surface area contributed by atoms with E-state index in [2.05, 4.69) is 18.8 Å². The van der Waals surface area contributed by atoms with Crippen molar-refractivity contribution in [2.24, 2.45) is 5.92 Å². The molecule has 0 saturated heterocycles. The number of benzene rings is 1. The molecule has 1 aromatic carbocycles. The van der Waals surface area contributed by atoms with Crippen molar-refractivity contribution < 1.29 is 9.21 Å². The molecule has 0 bridgehead atoms. The van der Waals surface area contributed by atoms with Crippen LogP contribution in [0, 0.1) is 5.92 Å². The van der Waals surface area contributed by atoms with Gasteiger partial charge in [0, 0.05) is 23.6 Å². The third-order valence-electron chi connectivity index (χ3n) is 3.88. The van der Waals surface area contributed by atoms with E-state index in [0.717, 1.165) is 28.8 Å². The van der Waals surface area contributed by atoms with Crippen LogP contribution in [0.3, 0.4) is 0 Å². The summed E-state index contributed by atoms with van der Waals surface area (Å²) in [5.74, 6) is 1.36. The highest BCUT2D eigenvalue weighted by Gasteiger charge is 2.18. The van der Waals surface area contributed by atoms with Gasteiger partial charge in [0.15, 0.2) is 0 Å². The molecule has 0 aliphatic heterocycles. The van der Waals surface area contributed by atoms with Crippen LogP contribution in [0.1, 0.15) is 25.2 Å². The molecule has 120 valence electrons. The smallest absolute Gasteiger partial charge is 0.227 e. The largest absolute Gasteiger partial charge is 0.467 e. The molecule has 2 heterocycles. The molecule has 23 heavy (non-hydrogen) atoms. The fourth-order valence-corrected chi connectivity index (χ4v) is 2.84. The molecule has 1 amide bonds. The molecule has 0 atom stereocenters. The normalized spacial score (nSPS) is 11.3. The maximum absolute atomic E-state index is 12.8. The standard InChI is InChI=1S/C19H22N2O2/c1-14(2)12-21(13-16-6-5-9-23-16)19(22)10-15-11-20-18-8-4-3-7-17(15)18/h3-9,11,14,20H,10,12-13H2,1-2H3. The Morgan fingerprint density at radius 1 is 1.22 bits per heavy atom. The van der Waals surface area contributed by atoms with E-state index >= 15 is 0 Å². The summed E-state index contributed by atoms with van der Waals surface area (Å²) in [6, 6.07) is 11.8. The molecule has 4 nitrogen and oxygen atoms in total. The van der Waals surface area contributed by atoms with Crippen LogP contribution in [0.2, 0.25) is 0 Å². The van der Waals surface area contributed by atoms with Crippen LogP contribution in [0.4, 0.5) is 0 Å². The maximum atomic E-state index is 12.8. The Bertz CT molecular complexity index is 772. The van der Waals surface area contributed by atoms with Crippen LogP contribution >= 0.6 is 0 Å². The van der Waals surface area contributed by atoms with Gasteiger partial charge >= 0.3 is 0 Å². The van der Waals surface area contributed by atoms with E-state index in [1.54, 1.807) is 6.26 Å². The summed E-state index contributed by atoms with van der Waals surface area (Å²) < 4.78 is 5.40. The second-order valence-electron chi connectivity index (χ2n) is 6.28. The first-order valence-corrected chi connectivity index (χ1v) is 7.98. The third kappa shape index (κ3) is 3.65. The number of rotatable bonds is 6. The zero-order chi connectivity index (χ0) is 16.2. The van der Waals surface area contributed by atoms with Gasteiger partial charge in [-0.25, -0.2) is 0 Å². The summed E-state index contributed by atoms with van der Waals surface area (Å²) in [5.41, 5.74) is 2.11. The van der Waals surface area contributed by atoms with Crippen LogP contribution in [0.5, 0.6) is 0 Å². The zero-order valence-corrected chi connectivity index (χ0v) is 13.6. The lowest BCUT2D eigenvalue weighted by Gasteiger charge is -2.23. The van der Waals surface area contributed by atoms with E-state index in [4.69, 9.17) is 4.42 Å². The summed E-state index contributed by atoms with van der Waals surface area (Å²) in [7, 11) is 0. The number of para-hydroxylation sites is 1. The lowest BCUT2D eigenvalue weighted by atomic mass is 10.1. The van der Waals surface area contributed by atoms with Crippen molar-refractivity contribution in [1.29, 1.82) is 0 Å². The van der Waals surface area contributed by atoms with Gasteiger partial charge in [-0.2, -0.15) is 0 Å². The Morgan fingerprint density at radius 2 is 2.04 bits per heavy atom. The van der Waals surface area contributed by atoms with Gasteiger partial charge in [-0.3, -0.25) is 4.79 Å². The topological polar surface area (TPSA) is 49.2 Å². The molecular formula is C19H22N2O2. The van der Waals surface area contributed by atoms with Crippen LogP contribution in [-0.4, -0.2) is 22.3 Å². The van der Waals surface area contributed by atoms with Gasteiger partial charge < -0.3 is 14.3 Å². The van der Waals surface area contributed by atoms with Gasteiger partial charge in [-0.05, 0) is 29.7 Å². The number of hydrogen-bond acceptors (Lipinski definition) is 2. The fraction of sp³-hybridized carbons (Fsp3) is 0.316. The number of carbonyl (C=O) groups excluding carboxylic acids is 1. The highest BCUT2D eigenvalue weighted by molar-refractivity contribution is 5.88. The SMILES string of the molecule is CC(C)CN(Cc1ccco1)C(=O)Cc1c[nH]c2ccccc12. The van der Waals surface area contributed by atoms with Crippen LogP contribution < -0.4 is 0 Å². The van der Waals surface area contributed by atoms with E-state index in [9.17, 15) is 4.79 Å². The number of aromatic amines is 1. The van der Waals surface area contributed by atoms with Crippen molar-refractivity contribution in [3.63, 3.8) is 0 Å². The average Bonchev–Trinajstić information content (AvgIpc) is 3.16.